The summed E-state index contributed by atoms with van der Waals surface area (Å²) < 4.78 is 0. The molecule has 0 radical (unpaired) electrons. The standard InChI is InChI=1S/C15H21NO2/c1-9-8-12-11(6-7-15(12,3)4)13(10(9)2)16(5)14(17)18/h8H,6-7H2,1-5H3,(H,17,18). The number of hydrogen-bond donors (Lipinski definition) is 1. The quantitative estimate of drug-likeness (QED) is 0.823. The van der Waals surface area contributed by atoms with Crippen molar-refractivity contribution in [2.45, 2.75) is 46.0 Å². The zero-order valence-corrected chi connectivity index (χ0v) is 11.8. The first kappa shape index (κ1) is 12.9. The molecule has 18 heavy (non-hydrogen) atoms. The Morgan fingerprint density at radius 2 is 2.00 bits per heavy atom. The number of hydrogen-bond acceptors (Lipinski definition) is 1. The van der Waals surface area contributed by atoms with Crippen LogP contribution < -0.4 is 4.90 Å². The van der Waals surface area contributed by atoms with E-state index in [0.717, 1.165) is 24.1 Å². The lowest BCUT2D eigenvalue weighted by Crippen LogP contribution is -2.26. The van der Waals surface area contributed by atoms with Gasteiger partial charge in [-0.05, 0) is 54.4 Å². The average molecular weight is 247 g/mol. The molecule has 1 aromatic carbocycles. The van der Waals surface area contributed by atoms with E-state index in [-0.39, 0.29) is 5.41 Å². The number of nitrogens with zero attached hydrogens (tertiary/aromatic N) is 1. The molecule has 0 atom stereocenters. The van der Waals surface area contributed by atoms with Crippen LogP contribution in [0.2, 0.25) is 0 Å². The Kier molecular flexibility index (Phi) is 2.88. The van der Waals surface area contributed by atoms with Crippen LogP contribution in [0.15, 0.2) is 6.07 Å². The molecule has 1 aliphatic rings. The molecule has 0 unspecified atom stereocenters. The van der Waals surface area contributed by atoms with Crippen molar-refractivity contribution in [2.75, 3.05) is 11.9 Å². The Morgan fingerprint density at radius 1 is 1.39 bits per heavy atom. The lowest BCUT2D eigenvalue weighted by molar-refractivity contribution is 0.203. The van der Waals surface area contributed by atoms with E-state index in [1.807, 2.05) is 6.92 Å². The van der Waals surface area contributed by atoms with Crippen molar-refractivity contribution in [2.24, 2.45) is 0 Å². The molecule has 0 heterocycles. The SMILES string of the molecule is Cc1cc2c(c(N(C)C(=O)O)c1C)CCC2(C)C. The van der Waals surface area contributed by atoms with Crippen molar-refractivity contribution in [3.8, 4) is 0 Å². The van der Waals surface area contributed by atoms with Crippen LogP contribution in [-0.2, 0) is 11.8 Å². The first-order chi connectivity index (χ1) is 8.25. The Labute approximate surface area is 108 Å². The molecule has 1 N–H and O–H groups in total. The number of aryl methyl sites for hydroxylation is 1. The fourth-order valence-corrected chi connectivity index (χ4v) is 2.93. The highest BCUT2D eigenvalue weighted by molar-refractivity contribution is 5.89. The van der Waals surface area contributed by atoms with Crippen molar-refractivity contribution in [3.05, 3.63) is 28.3 Å². The highest BCUT2D eigenvalue weighted by Gasteiger charge is 2.34. The van der Waals surface area contributed by atoms with Crippen LogP contribution >= 0.6 is 0 Å². The molecule has 0 saturated carbocycles. The molecule has 0 aromatic heterocycles. The maximum atomic E-state index is 11.3. The van der Waals surface area contributed by atoms with Crippen molar-refractivity contribution in [1.82, 2.24) is 0 Å². The van der Waals surface area contributed by atoms with E-state index in [1.54, 1.807) is 7.05 Å². The number of anilines is 1. The predicted molar refractivity (Wildman–Crippen MR) is 73.7 cm³/mol. The molecule has 0 bridgehead atoms. The molecule has 3 heteroatoms. The lowest BCUT2D eigenvalue weighted by atomic mass is 9.84. The number of rotatable bonds is 1. The maximum Gasteiger partial charge on any atom is 0.411 e. The average Bonchev–Trinajstić information content (AvgIpc) is 2.56. The van der Waals surface area contributed by atoms with Crippen LogP contribution in [0.4, 0.5) is 10.5 Å². The van der Waals surface area contributed by atoms with Gasteiger partial charge in [0.25, 0.3) is 0 Å². The van der Waals surface area contributed by atoms with Gasteiger partial charge in [0.05, 0.1) is 5.69 Å². The minimum absolute atomic E-state index is 0.155. The van der Waals surface area contributed by atoms with E-state index in [2.05, 4.69) is 26.8 Å². The third kappa shape index (κ3) is 1.78. The van der Waals surface area contributed by atoms with Crippen molar-refractivity contribution in [3.63, 3.8) is 0 Å². The van der Waals surface area contributed by atoms with Gasteiger partial charge in [0, 0.05) is 7.05 Å². The number of carbonyl (C=O) groups is 1. The summed E-state index contributed by atoms with van der Waals surface area (Å²) in [5.74, 6) is 0. The minimum atomic E-state index is -0.893. The second-order valence-electron chi connectivity index (χ2n) is 5.92. The smallest absolute Gasteiger partial charge is 0.411 e. The van der Waals surface area contributed by atoms with Crippen molar-refractivity contribution < 1.29 is 9.90 Å². The summed E-state index contributed by atoms with van der Waals surface area (Å²) in [5.41, 5.74) is 5.83. The molecule has 0 fully saturated rings. The van der Waals surface area contributed by atoms with E-state index in [9.17, 15) is 9.90 Å². The fraction of sp³-hybridized carbons (Fsp3) is 0.533. The van der Waals surface area contributed by atoms with E-state index in [4.69, 9.17) is 0 Å². The van der Waals surface area contributed by atoms with Gasteiger partial charge in [-0.2, -0.15) is 0 Å². The molecule has 1 aromatic rings. The number of fused-ring (bicyclic) bond motifs is 1. The summed E-state index contributed by atoms with van der Waals surface area (Å²) in [6, 6.07) is 2.23. The molecule has 1 amide bonds. The van der Waals surface area contributed by atoms with Gasteiger partial charge in [0.1, 0.15) is 0 Å². The maximum absolute atomic E-state index is 11.3. The van der Waals surface area contributed by atoms with Crippen molar-refractivity contribution >= 4 is 11.8 Å². The van der Waals surface area contributed by atoms with Gasteiger partial charge in [-0.15, -0.1) is 0 Å². The molecule has 3 nitrogen and oxygen atoms in total. The molecule has 2 rings (SSSR count). The summed E-state index contributed by atoms with van der Waals surface area (Å²) in [5, 5.41) is 9.24. The topological polar surface area (TPSA) is 40.5 Å². The Bertz CT molecular complexity index is 518. The normalized spacial score (nSPS) is 16.5. The highest BCUT2D eigenvalue weighted by atomic mass is 16.4. The van der Waals surface area contributed by atoms with Gasteiger partial charge in [-0.25, -0.2) is 4.79 Å². The molecule has 1 aliphatic carbocycles. The van der Waals surface area contributed by atoms with Crippen LogP contribution in [0, 0.1) is 13.8 Å². The summed E-state index contributed by atoms with van der Waals surface area (Å²) in [6.45, 7) is 8.54. The molecule has 0 aliphatic heterocycles. The van der Waals surface area contributed by atoms with Gasteiger partial charge in [-0.1, -0.05) is 19.9 Å². The lowest BCUT2D eigenvalue weighted by Gasteiger charge is -2.25. The van der Waals surface area contributed by atoms with Gasteiger partial charge < -0.3 is 5.11 Å². The van der Waals surface area contributed by atoms with Gasteiger partial charge >= 0.3 is 6.09 Å². The van der Waals surface area contributed by atoms with E-state index < -0.39 is 6.09 Å². The summed E-state index contributed by atoms with van der Waals surface area (Å²) in [4.78, 5) is 12.6. The molecule has 0 spiro atoms. The third-order valence-electron chi connectivity index (χ3n) is 4.27. The van der Waals surface area contributed by atoms with E-state index in [1.165, 1.54) is 21.6 Å². The monoisotopic (exact) mass is 247 g/mol. The van der Waals surface area contributed by atoms with Crippen LogP contribution in [0.3, 0.4) is 0 Å². The minimum Gasteiger partial charge on any atom is -0.465 e. The summed E-state index contributed by atoms with van der Waals surface area (Å²) in [6.07, 6.45) is 1.16. The fourth-order valence-electron chi connectivity index (χ4n) is 2.93. The van der Waals surface area contributed by atoms with Gasteiger partial charge in [-0.3, -0.25) is 4.90 Å². The zero-order chi connectivity index (χ0) is 13.7. The van der Waals surface area contributed by atoms with Crippen LogP contribution in [0.5, 0.6) is 0 Å². The van der Waals surface area contributed by atoms with Gasteiger partial charge in [0.2, 0.25) is 0 Å². The zero-order valence-electron chi connectivity index (χ0n) is 11.8. The van der Waals surface area contributed by atoms with E-state index >= 15 is 0 Å². The van der Waals surface area contributed by atoms with E-state index in [0.29, 0.717) is 0 Å². The summed E-state index contributed by atoms with van der Waals surface area (Å²) in [7, 11) is 1.63. The molecule has 0 saturated heterocycles. The first-order valence-electron chi connectivity index (χ1n) is 6.36. The second-order valence-corrected chi connectivity index (χ2v) is 5.92. The summed E-state index contributed by atoms with van der Waals surface area (Å²) >= 11 is 0. The van der Waals surface area contributed by atoms with Crippen molar-refractivity contribution in [1.29, 1.82) is 0 Å². The Hall–Kier alpha value is -1.51. The van der Waals surface area contributed by atoms with Crippen LogP contribution in [-0.4, -0.2) is 18.2 Å². The number of amides is 1. The molecular weight excluding hydrogens is 226 g/mol. The second kappa shape index (κ2) is 4.01. The first-order valence-corrected chi connectivity index (χ1v) is 6.36. The highest BCUT2D eigenvalue weighted by Crippen LogP contribution is 2.44. The molecular formula is C15H21NO2. The number of carboxylic acid groups (broad SMARTS) is 1. The number of benzene rings is 1. The third-order valence-corrected chi connectivity index (χ3v) is 4.27. The Balaban J connectivity index is 2.71. The van der Waals surface area contributed by atoms with Gasteiger partial charge in [0.15, 0.2) is 0 Å². The largest absolute Gasteiger partial charge is 0.465 e. The predicted octanol–water partition coefficient (Wildman–Crippen LogP) is 3.64. The Morgan fingerprint density at radius 3 is 2.56 bits per heavy atom. The molecule has 98 valence electrons. The van der Waals surface area contributed by atoms with Crippen LogP contribution in [0.25, 0.3) is 0 Å². The van der Waals surface area contributed by atoms with Crippen LogP contribution in [0.1, 0.15) is 42.5 Å².